The van der Waals surface area contributed by atoms with Crippen LogP contribution in [0.15, 0.2) is 72.1 Å². The molecule has 0 bridgehead atoms. The molecule has 7 nitrogen and oxygen atoms in total. The molecule has 2 unspecified atom stereocenters. The van der Waals surface area contributed by atoms with Crippen LogP contribution >= 0.6 is 11.9 Å². The monoisotopic (exact) mass is 516 g/mol. The van der Waals surface area contributed by atoms with E-state index in [-0.39, 0.29) is 17.5 Å². The molecular weight excluding hydrogens is 487 g/mol. The van der Waals surface area contributed by atoms with Crippen molar-refractivity contribution in [2.45, 2.75) is 44.0 Å². The molecule has 2 aliphatic rings. The Labute approximate surface area is 219 Å². The van der Waals surface area contributed by atoms with Crippen molar-refractivity contribution in [3.8, 4) is 5.69 Å². The molecule has 1 fully saturated rings. The third-order valence-electron chi connectivity index (χ3n) is 7.59. The van der Waals surface area contributed by atoms with Crippen LogP contribution in [0, 0.1) is 17.2 Å². The summed E-state index contributed by atoms with van der Waals surface area (Å²) in [7, 11) is 0. The largest absolute Gasteiger partial charge is 0.292 e. The number of carbonyl (C=O) groups is 1. The number of benzene rings is 1. The van der Waals surface area contributed by atoms with Crippen molar-refractivity contribution in [1.29, 1.82) is 0 Å². The second-order valence-corrected chi connectivity index (χ2v) is 11.1. The highest BCUT2D eigenvalue weighted by atomic mass is 32.2. The minimum Gasteiger partial charge on any atom is -0.292 e. The van der Waals surface area contributed by atoms with Crippen molar-refractivity contribution >= 4 is 17.7 Å². The molecule has 1 aliphatic heterocycles. The van der Waals surface area contributed by atoms with Gasteiger partial charge >= 0.3 is 0 Å². The molecule has 1 saturated heterocycles. The Morgan fingerprint density at radius 3 is 2.81 bits per heavy atom. The quantitative estimate of drug-likeness (QED) is 0.254. The molecule has 0 radical (unpaired) electrons. The maximum absolute atomic E-state index is 14.2. The molecule has 190 valence electrons. The fraction of sp³-hybridized carbons (Fsp3) is 0.357. The predicted molar refractivity (Wildman–Crippen MR) is 140 cm³/mol. The third-order valence-corrected chi connectivity index (χ3v) is 8.58. The molecule has 4 heterocycles. The Hall–Kier alpha value is -3.30. The van der Waals surface area contributed by atoms with E-state index in [2.05, 4.69) is 32.6 Å². The standard InChI is InChI=1S/C28H29FN6OS/c1-2-12-33-18-24(17-31-33)37-34-13-10-21-14-26-20(16-32-35(26)23-8-6-22(29)7-9-23)15-28(21,19-34)27(36)25-5-3-4-11-30-25/h3-9,11,16-18,21H,2,10,12-15,19H2,1H3. The summed E-state index contributed by atoms with van der Waals surface area (Å²) in [5.74, 6) is -0.00909. The lowest BCUT2D eigenvalue weighted by Crippen LogP contribution is -2.55. The van der Waals surface area contributed by atoms with Crippen LogP contribution in [0.3, 0.4) is 0 Å². The molecule has 0 spiro atoms. The number of rotatable bonds is 7. The summed E-state index contributed by atoms with van der Waals surface area (Å²) in [4.78, 5) is 19.7. The second-order valence-electron chi connectivity index (χ2n) is 9.97. The van der Waals surface area contributed by atoms with Crippen molar-refractivity contribution in [2.24, 2.45) is 11.3 Å². The summed E-state index contributed by atoms with van der Waals surface area (Å²) in [6, 6.07) is 12.0. The van der Waals surface area contributed by atoms with E-state index in [0.717, 1.165) is 54.2 Å². The predicted octanol–water partition coefficient (Wildman–Crippen LogP) is 5.01. The zero-order valence-electron chi connectivity index (χ0n) is 20.8. The maximum atomic E-state index is 14.2. The number of halogens is 1. The van der Waals surface area contributed by atoms with E-state index in [1.807, 2.05) is 40.0 Å². The van der Waals surface area contributed by atoms with Gasteiger partial charge in [-0.25, -0.2) is 13.4 Å². The molecule has 0 saturated carbocycles. The summed E-state index contributed by atoms with van der Waals surface area (Å²) >= 11 is 1.68. The number of Topliss-reactive ketones (excluding diaryl/α,β-unsaturated/α-hetero) is 1. The highest BCUT2D eigenvalue weighted by Crippen LogP contribution is 2.49. The topological polar surface area (TPSA) is 68.8 Å². The number of piperidine rings is 1. The molecule has 9 heteroatoms. The molecular formula is C28H29FN6OS. The van der Waals surface area contributed by atoms with E-state index in [0.29, 0.717) is 18.7 Å². The zero-order valence-corrected chi connectivity index (χ0v) is 21.6. The van der Waals surface area contributed by atoms with Gasteiger partial charge in [0.25, 0.3) is 0 Å². The van der Waals surface area contributed by atoms with Crippen LogP contribution in [0.2, 0.25) is 0 Å². The molecule has 3 aromatic heterocycles. The molecule has 4 aromatic rings. The normalized spacial score (nSPS) is 21.4. The molecule has 1 aromatic carbocycles. The van der Waals surface area contributed by atoms with Crippen molar-refractivity contribution in [3.05, 3.63) is 90.0 Å². The number of carbonyl (C=O) groups excluding carboxylic acids is 1. The number of pyridine rings is 1. The lowest BCUT2D eigenvalue weighted by atomic mass is 9.60. The Bertz CT molecular complexity index is 1400. The van der Waals surface area contributed by atoms with Crippen LogP contribution in [-0.4, -0.2) is 47.7 Å². The van der Waals surface area contributed by atoms with Gasteiger partial charge in [-0.15, -0.1) is 0 Å². The van der Waals surface area contributed by atoms with Gasteiger partial charge < -0.3 is 0 Å². The Morgan fingerprint density at radius 1 is 1.16 bits per heavy atom. The molecule has 0 amide bonds. The van der Waals surface area contributed by atoms with Gasteiger partial charge in [-0.05, 0) is 85.5 Å². The Kier molecular flexibility index (Phi) is 6.42. The van der Waals surface area contributed by atoms with Crippen molar-refractivity contribution in [3.63, 3.8) is 0 Å². The van der Waals surface area contributed by atoms with E-state index in [4.69, 9.17) is 0 Å². The van der Waals surface area contributed by atoms with E-state index < -0.39 is 5.41 Å². The zero-order chi connectivity index (χ0) is 25.4. The van der Waals surface area contributed by atoms with Gasteiger partial charge in [0.2, 0.25) is 0 Å². The first-order chi connectivity index (χ1) is 18.1. The number of hydrogen-bond acceptors (Lipinski definition) is 6. The summed E-state index contributed by atoms with van der Waals surface area (Å²) in [6.45, 7) is 4.55. The lowest BCUT2D eigenvalue weighted by molar-refractivity contribution is 0.0412. The SMILES string of the molecule is CCCn1cc(SN2CCC3Cc4c(cnn4-c4ccc(F)cc4)CC3(C(=O)c3ccccn3)C2)cn1. The number of nitrogens with zero attached hydrogens (tertiary/aromatic N) is 6. The second kappa shape index (κ2) is 9.87. The van der Waals surface area contributed by atoms with Gasteiger partial charge in [0.05, 0.1) is 28.4 Å². The maximum Gasteiger partial charge on any atom is 0.189 e. The molecule has 1 aliphatic carbocycles. The summed E-state index contributed by atoms with van der Waals surface area (Å²) in [5.41, 5.74) is 2.95. The Balaban J connectivity index is 1.34. The minimum atomic E-state index is -0.595. The number of fused-ring (bicyclic) bond motifs is 2. The molecule has 37 heavy (non-hydrogen) atoms. The summed E-state index contributed by atoms with van der Waals surface area (Å²) in [5, 5.41) is 9.14. The van der Waals surface area contributed by atoms with Gasteiger partial charge in [0.15, 0.2) is 5.78 Å². The average Bonchev–Trinajstić information content (AvgIpc) is 3.54. The van der Waals surface area contributed by atoms with E-state index in [1.165, 1.54) is 12.1 Å². The first-order valence-corrected chi connectivity index (χ1v) is 13.6. The van der Waals surface area contributed by atoms with Crippen LogP contribution in [0.5, 0.6) is 0 Å². The molecule has 0 N–H and O–H groups in total. The smallest absolute Gasteiger partial charge is 0.189 e. The number of ketones is 1. The first kappa shape index (κ1) is 24.1. The summed E-state index contributed by atoms with van der Waals surface area (Å²) < 4.78 is 19.7. The van der Waals surface area contributed by atoms with Crippen molar-refractivity contribution in [1.82, 2.24) is 28.9 Å². The average molecular weight is 517 g/mol. The van der Waals surface area contributed by atoms with Crippen LogP contribution in [0.1, 0.15) is 41.5 Å². The van der Waals surface area contributed by atoms with E-state index in [1.54, 1.807) is 30.3 Å². The van der Waals surface area contributed by atoms with Crippen molar-refractivity contribution < 1.29 is 9.18 Å². The van der Waals surface area contributed by atoms with E-state index in [9.17, 15) is 9.18 Å². The lowest BCUT2D eigenvalue weighted by Gasteiger charge is -2.49. The minimum absolute atomic E-state index is 0.102. The van der Waals surface area contributed by atoms with Crippen LogP contribution in [-0.2, 0) is 19.4 Å². The molecule has 2 atom stereocenters. The number of hydrogen-bond donors (Lipinski definition) is 0. The van der Waals surface area contributed by atoms with Crippen LogP contribution in [0.4, 0.5) is 4.39 Å². The highest BCUT2D eigenvalue weighted by molar-refractivity contribution is 7.97. The van der Waals surface area contributed by atoms with Gasteiger partial charge in [-0.2, -0.15) is 10.2 Å². The number of aromatic nitrogens is 5. The fourth-order valence-corrected chi connectivity index (χ4v) is 6.86. The van der Waals surface area contributed by atoms with Gasteiger partial charge in [0, 0.05) is 37.7 Å². The Morgan fingerprint density at radius 2 is 2.03 bits per heavy atom. The highest BCUT2D eigenvalue weighted by Gasteiger charge is 2.53. The number of aryl methyl sites for hydroxylation is 1. The van der Waals surface area contributed by atoms with Crippen LogP contribution < -0.4 is 0 Å². The summed E-state index contributed by atoms with van der Waals surface area (Å²) in [6.07, 6.45) is 10.8. The fourth-order valence-electron chi connectivity index (χ4n) is 5.81. The molecule has 6 rings (SSSR count). The van der Waals surface area contributed by atoms with Gasteiger partial charge in [-0.3, -0.25) is 14.5 Å². The van der Waals surface area contributed by atoms with Gasteiger partial charge in [-0.1, -0.05) is 13.0 Å². The first-order valence-electron chi connectivity index (χ1n) is 12.8. The van der Waals surface area contributed by atoms with Gasteiger partial charge in [0.1, 0.15) is 11.5 Å². The van der Waals surface area contributed by atoms with Crippen LogP contribution in [0.25, 0.3) is 5.69 Å². The third kappa shape index (κ3) is 4.51. The van der Waals surface area contributed by atoms with E-state index >= 15 is 0 Å². The van der Waals surface area contributed by atoms with Crippen molar-refractivity contribution in [2.75, 3.05) is 13.1 Å².